The average Bonchev–Trinajstić information content (AvgIpc) is 2.26. The van der Waals surface area contributed by atoms with Gasteiger partial charge in [0.25, 0.3) is 0 Å². The van der Waals surface area contributed by atoms with Crippen LogP contribution in [0.4, 0.5) is 0 Å². The normalized spacial score (nSPS) is 23.1. The highest BCUT2D eigenvalue weighted by Crippen LogP contribution is 2.13. The van der Waals surface area contributed by atoms with Crippen LogP contribution in [-0.2, 0) is 9.53 Å². The van der Waals surface area contributed by atoms with E-state index in [1.807, 2.05) is 0 Å². The highest BCUT2D eigenvalue weighted by atomic mass is 16.5. The van der Waals surface area contributed by atoms with Crippen LogP contribution >= 0.6 is 0 Å². The van der Waals surface area contributed by atoms with Crippen LogP contribution in [0.5, 0.6) is 0 Å². The molecule has 1 saturated heterocycles. The van der Waals surface area contributed by atoms with E-state index in [1.54, 1.807) is 0 Å². The monoisotopic (exact) mass is 228 g/mol. The summed E-state index contributed by atoms with van der Waals surface area (Å²) in [6.45, 7) is 6.20. The van der Waals surface area contributed by atoms with Gasteiger partial charge in [0.1, 0.15) is 0 Å². The third-order valence-corrected chi connectivity index (χ3v) is 2.84. The number of rotatable bonds is 5. The molecule has 0 aliphatic carbocycles. The first-order chi connectivity index (χ1) is 7.59. The largest absolute Gasteiger partial charge is 0.381 e. The molecule has 1 fully saturated rings. The van der Waals surface area contributed by atoms with E-state index in [1.165, 1.54) is 0 Å². The van der Waals surface area contributed by atoms with Crippen LogP contribution in [0.2, 0.25) is 0 Å². The summed E-state index contributed by atoms with van der Waals surface area (Å²) in [4.78, 5) is 11.7. The van der Waals surface area contributed by atoms with Gasteiger partial charge in [0.2, 0.25) is 5.91 Å². The van der Waals surface area contributed by atoms with E-state index in [0.29, 0.717) is 19.1 Å². The van der Waals surface area contributed by atoms with Gasteiger partial charge in [-0.05, 0) is 25.2 Å². The van der Waals surface area contributed by atoms with E-state index < -0.39 is 0 Å². The quantitative estimate of drug-likeness (QED) is 0.735. The third kappa shape index (κ3) is 4.94. The van der Waals surface area contributed by atoms with E-state index in [-0.39, 0.29) is 17.9 Å². The third-order valence-electron chi connectivity index (χ3n) is 2.84. The Hall–Kier alpha value is -0.610. The fraction of sp³-hybridized carbons (Fsp3) is 0.917. The minimum Gasteiger partial charge on any atom is -0.381 e. The fourth-order valence-electron chi connectivity index (χ4n) is 2.01. The molecule has 3 N–H and O–H groups in total. The lowest BCUT2D eigenvalue weighted by Gasteiger charge is -2.22. The summed E-state index contributed by atoms with van der Waals surface area (Å²) in [6.07, 6.45) is 2.86. The first-order valence-corrected chi connectivity index (χ1v) is 6.20. The lowest BCUT2D eigenvalue weighted by molar-refractivity contribution is -0.129. The van der Waals surface area contributed by atoms with Crippen molar-refractivity contribution < 1.29 is 9.53 Å². The van der Waals surface area contributed by atoms with E-state index in [4.69, 9.17) is 10.5 Å². The summed E-state index contributed by atoms with van der Waals surface area (Å²) < 4.78 is 5.28. The number of hydrogen-bond donors (Lipinski definition) is 2. The molecule has 0 aromatic heterocycles. The summed E-state index contributed by atoms with van der Waals surface area (Å²) in [5.74, 6) is 0.698. The maximum Gasteiger partial charge on any atom is 0.225 e. The van der Waals surface area contributed by atoms with Crippen LogP contribution in [0.1, 0.15) is 33.1 Å². The van der Waals surface area contributed by atoms with Crippen molar-refractivity contribution in [2.45, 2.75) is 39.2 Å². The topological polar surface area (TPSA) is 64.3 Å². The average molecular weight is 228 g/mol. The Morgan fingerprint density at radius 2 is 2.31 bits per heavy atom. The number of ether oxygens (including phenoxy) is 1. The van der Waals surface area contributed by atoms with Crippen LogP contribution in [0.25, 0.3) is 0 Å². The number of hydrogen-bond acceptors (Lipinski definition) is 3. The van der Waals surface area contributed by atoms with Crippen molar-refractivity contribution in [3.05, 3.63) is 0 Å². The lowest BCUT2D eigenvalue weighted by atomic mass is 10.0. The Morgan fingerprint density at radius 3 is 2.88 bits per heavy atom. The molecule has 0 saturated carbocycles. The molecule has 0 radical (unpaired) electrons. The summed E-state index contributed by atoms with van der Waals surface area (Å²) in [5, 5.41) is 2.91. The molecule has 0 bridgehead atoms. The van der Waals surface area contributed by atoms with Gasteiger partial charge in [0, 0.05) is 19.2 Å². The predicted molar refractivity (Wildman–Crippen MR) is 64.0 cm³/mol. The summed E-state index contributed by atoms with van der Waals surface area (Å²) in [5.41, 5.74) is 5.91. The Labute approximate surface area is 97.9 Å². The highest BCUT2D eigenvalue weighted by Gasteiger charge is 2.21. The van der Waals surface area contributed by atoms with Gasteiger partial charge >= 0.3 is 0 Å². The van der Waals surface area contributed by atoms with Gasteiger partial charge in [0.05, 0.1) is 12.5 Å². The first kappa shape index (κ1) is 13.5. The number of carbonyl (C=O) groups excluding carboxylic acids is 1. The Morgan fingerprint density at radius 1 is 1.56 bits per heavy atom. The number of nitrogens with two attached hydrogens (primary N) is 1. The van der Waals surface area contributed by atoms with Crippen molar-refractivity contribution in [2.75, 3.05) is 19.8 Å². The van der Waals surface area contributed by atoms with Crippen LogP contribution in [0, 0.1) is 11.8 Å². The maximum atomic E-state index is 11.7. The second kappa shape index (κ2) is 6.86. The van der Waals surface area contributed by atoms with E-state index in [9.17, 15) is 4.79 Å². The molecule has 0 aromatic rings. The standard InChI is InChI=1S/C12H24N2O2/c1-9(2)6-11(13)7-14-12(15)10-4-3-5-16-8-10/h9-11H,3-8,13H2,1-2H3,(H,14,15). The van der Waals surface area contributed by atoms with Gasteiger partial charge in [-0.15, -0.1) is 0 Å². The zero-order valence-electron chi connectivity index (χ0n) is 10.4. The van der Waals surface area contributed by atoms with Crippen LogP contribution in [0.3, 0.4) is 0 Å². The molecule has 1 aliphatic heterocycles. The fourth-order valence-corrected chi connectivity index (χ4v) is 2.01. The number of amides is 1. The van der Waals surface area contributed by atoms with E-state index in [2.05, 4.69) is 19.2 Å². The molecule has 16 heavy (non-hydrogen) atoms. The van der Waals surface area contributed by atoms with Gasteiger partial charge in [-0.25, -0.2) is 0 Å². The molecule has 1 rings (SSSR count). The van der Waals surface area contributed by atoms with Gasteiger partial charge < -0.3 is 15.8 Å². The van der Waals surface area contributed by atoms with Gasteiger partial charge in [-0.2, -0.15) is 0 Å². The molecule has 4 heteroatoms. The van der Waals surface area contributed by atoms with Crippen LogP contribution in [-0.4, -0.2) is 31.7 Å². The smallest absolute Gasteiger partial charge is 0.225 e. The minimum absolute atomic E-state index is 0.0278. The Bertz CT molecular complexity index is 213. The molecule has 2 unspecified atom stereocenters. The van der Waals surface area contributed by atoms with E-state index in [0.717, 1.165) is 25.9 Å². The molecule has 0 spiro atoms. The second-order valence-electron chi connectivity index (χ2n) is 5.05. The molecular weight excluding hydrogens is 204 g/mol. The first-order valence-electron chi connectivity index (χ1n) is 6.20. The van der Waals surface area contributed by atoms with Crippen LogP contribution in [0.15, 0.2) is 0 Å². The van der Waals surface area contributed by atoms with Crippen molar-refractivity contribution in [2.24, 2.45) is 17.6 Å². The lowest BCUT2D eigenvalue weighted by Crippen LogP contribution is -2.42. The van der Waals surface area contributed by atoms with Crippen molar-refractivity contribution in [3.63, 3.8) is 0 Å². The summed E-state index contributed by atoms with van der Waals surface area (Å²) in [6, 6.07) is 0.0634. The minimum atomic E-state index is 0.0278. The van der Waals surface area contributed by atoms with E-state index >= 15 is 0 Å². The zero-order chi connectivity index (χ0) is 12.0. The van der Waals surface area contributed by atoms with Crippen molar-refractivity contribution in [3.8, 4) is 0 Å². The Kier molecular flexibility index (Phi) is 5.77. The molecule has 2 atom stereocenters. The molecular formula is C12H24N2O2. The second-order valence-corrected chi connectivity index (χ2v) is 5.05. The number of carbonyl (C=O) groups is 1. The number of nitrogens with one attached hydrogen (secondary N) is 1. The van der Waals surface area contributed by atoms with Crippen molar-refractivity contribution in [1.29, 1.82) is 0 Å². The molecule has 0 aromatic carbocycles. The van der Waals surface area contributed by atoms with Crippen molar-refractivity contribution >= 4 is 5.91 Å². The predicted octanol–water partition coefficient (Wildman–Crippen LogP) is 0.903. The van der Waals surface area contributed by atoms with Gasteiger partial charge in [-0.3, -0.25) is 4.79 Å². The highest BCUT2D eigenvalue weighted by molar-refractivity contribution is 5.78. The zero-order valence-corrected chi connectivity index (χ0v) is 10.4. The molecule has 1 aliphatic rings. The SMILES string of the molecule is CC(C)CC(N)CNC(=O)C1CCCOC1. The Balaban J connectivity index is 2.18. The van der Waals surface area contributed by atoms with Gasteiger partial charge in [0.15, 0.2) is 0 Å². The van der Waals surface area contributed by atoms with Crippen LogP contribution < -0.4 is 11.1 Å². The van der Waals surface area contributed by atoms with Crippen molar-refractivity contribution in [1.82, 2.24) is 5.32 Å². The van der Waals surface area contributed by atoms with Gasteiger partial charge in [-0.1, -0.05) is 13.8 Å². The molecule has 1 amide bonds. The summed E-state index contributed by atoms with van der Waals surface area (Å²) in [7, 11) is 0. The molecule has 4 nitrogen and oxygen atoms in total. The summed E-state index contributed by atoms with van der Waals surface area (Å²) >= 11 is 0. The maximum absolute atomic E-state index is 11.7. The molecule has 94 valence electrons. The molecule has 1 heterocycles.